The first-order valence-corrected chi connectivity index (χ1v) is 9.18. The van der Waals surface area contributed by atoms with Crippen molar-refractivity contribution in [2.75, 3.05) is 38.5 Å². The van der Waals surface area contributed by atoms with Crippen LogP contribution in [0.15, 0.2) is 24.3 Å². The lowest BCUT2D eigenvalue weighted by Crippen LogP contribution is -2.52. The fraction of sp³-hybridized carbons (Fsp3) is 0.533. The number of rotatable bonds is 6. The molecule has 0 bridgehead atoms. The number of ether oxygens (including phenoxy) is 1. The van der Waals surface area contributed by atoms with E-state index in [0.29, 0.717) is 19.5 Å². The molecule has 1 aromatic carbocycles. The quantitative estimate of drug-likeness (QED) is 0.775. The Labute approximate surface area is 135 Å². The number of hydrogen-bond acceptors (Lipinski definition) is 4. The highest BCUT2D eigenvalue weighted by molar-refractivity contribution is 7.89. The normalized spacial score (nSPS) is 16.3. The van der Waals surface area contributed by atoms with Crippen LogP contribution in [0.5, 0.6) is 5.75 Å². The van der Waals surface area contributed by atoms with E-state index in [1.165, 1.54) is 16.4 Å². The summed E-state index contributed by atoms with van der Waals surface area (Å²) in [6, 6.07) is 5.88. The molecule has 0 N–H and O–H groups in total. The van der Waals surface area contributed by atoms with Gasteiger partial charge in [-0.15, -0.1) is 0 Å². The van der Waals surface area contributed by atoms with Gasteiger partial charge in [-0.3, -0.25) is 4.79 Å². The van der Waals surface area contributed by atoms with Crippen molar-refractivity contribution in [3.05, 3.63) is 30.1 Å². The van der Waals surface area contributed by atoms with E-state index in [-0.39, 0.29) is 37.1 Å². The van der Waals surface area contributed by atoms with Gasteiger partial charge in [-0.05, 0) is 18.6 Å². The molecule has 1 amide bonds. The average Bonchev–Trinajstić information content (AvgIpc) is 2.54. The fourth-order valence-corrected chi connectivity index (χ4v) is 3.89. The second-order valence-corrected chi connectivity index (χ2v) is 7.40. The number of carbonyl (C=O) groups is 1. The Morgan fingerprint density at radius 1 is 1.22 bits per heavy atom. The molecule has 0 aromatic heterocycles. The van der Waals surface area contributed by atoms with Crippen molar-refractivity contribution in [1.29, 1.82) is 0 Å². The minimum atomic E-state index is -3.23. The zero-order chi connectivity index (χ0) is 16.9. The number of carbonyl (C=O) groups excluding carboxylic acids is 1. The van der Waals surface area contributed by atoms with Crippen molar-refractivity contribution in [3.8, 4) is 5.75 Å². The van der Waals surface area contributed by atoms with Crippen LogP contribution in [0.3, 0.4) is 0 Å². The minimum Gasteiger partial charge on any atom is -0.481 e. The molecule has 0 radical (unpaired) electrons. The van der Waals surface area contributed by atoms with E-state index in [1.54, 1.807) is 17.0 Å². The van der Waals surface area contributed by atoms with Crippen LogP contribution in [-0.4, -0.2) is 62.1 Å². The standard InChI is InChI=1S/C15H21FN2O4S/c1-2-11-23(20,21)18-9-7-17(8-10-18)15(19)12-22-14-6-4-3-5-13(14)16/h3-6H,2,7-12H2,1H3. The maximum Gasteiger partial charge on any atom is 0.260 e. The van der Waals surface area contributed by atoms with Gasteiger partial charge in [0.15, 0.2) is 18.2 Å². The van der Waals surface area contributed by atoms with Gasteiger partial charge in [-0.25, -0.2) is 12.8 Å². The molecule has 0 atom stereocenters. The highest BCUT2D eigenvalue weighted by Crippen LogP contribution is 2.16. The van der Waals surface area contributed by atoms with E-state index in [2.05, 4.69) is 0 Å². The molecule has 1 aromatic rings. The van der Waals surface area contributed by atoms with Crippen molar-refractivity contribution in [2.24, 2.45) is 0 Å². The fourth-order valence-electron chi connectivity index (χ4n) is 2.40. The summed E-state index contributed by atoms with van der Waals surface area (Å²) in [6.07, 6.45) is 0.567. The van der Waals surface area contributed by atoms with Crippen LogP contribution in [0, 0.1) is 5.82 Å². The van der Waals surface area contributed by atoms with E-state index in [9.17, 15) is 17.6 Å². The average molecular weight is 344 g/mol. The summed E-state index contributed by atoms with van der Waals surface area (Å²) in [5.41, 5.74) is 0. The third-order valence-corrected chi connectivity index (χ3v) is 5.71. The summed E-state index contributed by atoms with van der Waals surface area (Å²) in [4.78, 5) is 13.6. The summed E-state index contributed by atoms with van der Waals surface area (Å²) < 4.78 is 43.9. The van der Waals surface area contributed by atoms with Gasteiger partial charge in [0.05, 0.1) is 5.75 Å². The SMILES string of the molecule is CCCS(=O)(=O)N1CCN(C(=O)COc2ccccc2F)CC1. The molecule has 2 rings (SSSR count). The van der Waals surface area contributed by atoms with E-state index < -0.39 is 15.8 Å². The molecule has 0 saturated carbocycles. The number of halogens is 1. The Balaban J connectivity index is 1.83. The summed E-state index contributed by atoms with van der Waals surface area (Å²) in [5, 5.41) is 0. The lowest BCUT2D eigenvalue weighted by molar-refractivity contribution is -0.134. The molecule has 6 nitrogen and oxygen atoms in total. The zero-order valence-corrected chi connectivity index (χ0v) is 13.9. The van der Waals surface area contributed by atoms with Crippen LogP contribution in [-0.2, 0) is 14.8 Å². The van der Waals surface area contributed by atoms with Crippen molar-refractivity contribution in [2.45, 2.75) is 13.3 Å². The molecular weight excluding hydrogens is 323 g/mol. The molecule has 0 aliphatic carbocycles. The highest BCUT2D eigenvalue weighted by atomic mass is 32.2. The zero-order valence-electron chi connectivity index (χ0n) is 13.1. The van der Waals surface area contributed by atoms with E-state index in [0.717, 1.165) is 0 Å². The number of amides is 1. The molecule has 1 heterocycles. The van der Waals surface area contributed by atoms with Crippen LogP contribution in [0.25, 0.3) is 0 Å². The van der Waals surface area contributed by atoms with Gasteiger partial charge in [0.1, 0.15) is 0 Å². The van der Waals surface area contributed by atoms with Crippen LogP contribution in [0.4, 0.5) is 4.39 Å². The Hall–Kier alpha value is -1.67. The van der Waals surface area contributed by atoms with Crippen molar-refractivity contribution in [3.63, 3.8) is 0 Å². The van der Waals surface area contributed by atoms with Crippen LogP contribution in [0.2, 0.25) is 0 Å². The first-order valence-electron chi connectivity index (χ1n) is 7.57. The molecule has 1 saturated heterocycles. The molecule has 0 unspecified atom stereocenters. The van der Waals surface area contributed by atoms with Gasteiger partial charge in [0, 0.05) is 26.2 Å². The number of benzene rings is 1. The lowest BCUT2D eigenvalue weighted by atomic mass is 10.3. The summed E-state index contributed by atoms with van der Waals surface area (Å²) in [6.45, 7) is 2.77. The van der Waals surface area contributed by atoms with Gasteiger partial charge < -0.3 is 9.64 Å². The van der Waals surface area contributed by atoms with Gasteiger partial charge in [0.25, 0.3) is 5.91 Å². The summed E-state index contributed by atoms with van der Waals surface area (Å²) >= 11 is 0. The maximum absolute atomic E-state index is 13.4. The minimum absolute atomic E-state index is 0.0324. The van der Waals surface area contributed by atoms with Crippen molar-refractivity contribution < 1.29 is 22.3 Å². The Morgan fingerprint density at radius 3 is 2.48 bits per heavy atom. The first-order chi connectivity index (χ1) is 10.9. The Bertz CT molecular complexity index is 643. The smallest absolute Gasteiger partial charge is 0.260 e. The molecular formula is C15H21FN2O4S. The highest BCUT2D eigenvalue weighted by Gasteiger charge is 2.28. The maximum atomic E-state index is 13.4. The van der Waals surface area contributed by atoms with Crippen LogP contribution < -0.4 is 4.74 Å². The molecule has 1 aliphatic heterocycles. The number of hydrogen-bond donors (Lipinski definition) is 0. The largest absolute Gasteiger partial charge is 0.481 e. The number of sulfonamides is 1. The van der Waals surface area contributed by atoms with Crippen LogP contribution >= 0.6 is 0 Å². The molecule has 1 aliphatic rings. The molecule has 23 heavy (non-hydrogen) atoms. The van der Waals surface area contributed by atoms with Gasteiger partial charge in [0.2, 0.25) is 10.0 Å². The van der Waals surface area contributed by atoms with Crippen molar-refractivity contribution in [1.82, 2.24) is 9.21 Å². The summed E-state index contributed by atoms with van der Waals surface area (Å²) in [7, 11) is -3.23. The second kappa shape index (κ2) is 7.74. The monoisotopic (exact) mass is 344 g/mol. The van der Waals surface area contributed by atoms with Gasteiger partial charge >= 0.3 is 0 Å². The van der Waals surface area contributed by atoms with E-state index in [4.69, 9.17) is 4.74 Å². The first kappa shape index (κ1) is 17.7. The third kappa shape index (κ3) is 4.65. The van der Waals surface area contributed by atoms with E-state index >= 15 is 0 Å². The predicted octanol–water partition coefficient (Wildman–Crippen LogP) is 1.09. The third-order valence-electron chi connectivity index (χ3n) is 3.63. The topological polar surface area (TPSA) is 66.9 Å². The summed E-state index contributed by atoms with van der Waals surface area (Å²) in [5.74, 6) is -0.640. The molecule has 0 spiro atoms. The number of para-hydroxylation sites is 1. The van der Waals surface area contributed by atoms with E-state index in [1.807, 2.05) is 6.92 Å². The predicted molar refractivity (Wildman–Crippen MR) is 84.1 cm³/mol. The number of piperazine rings is 1. The second-order valence-electron chi connectivity index (χ2n) is 5.31. The lowest BCUT2D eigenvalue weighted by Gasteiger charge is -2.33. The Morgan fingerprint density at radius 2 is 1.87 bits per heavy atom. The number of nitrogens with zero attached hydrogens (tertiary/aromatic N) is 2. The van der Waals surface area contributed by atoms with Gasteiger partial charge in [-0.2, -0.15) is 4.31 Å². The van der Waals surface area contributed by atoms with Crippen LogP contribution in [0.1, 0.15) is 13.3 Å². The molecule has 1 fully saturated rings. The van der Waals surface area contributed by atoms with Gasteiger partial charge in [-0.1, -0.05) is 19.1 Å². The Kier molecular flexibility index (Phi) is 5.95. The molecule has 8 heteroatoms. The van der Waals surface area contributed by atoms with Crippen molar-refractivity contribution >= 4 is 15.9 Å². The molecule has 128 valence electrons.